The van der Waals surface area contributed by atoms with Crippen molar-refractivity contribution in [2.75, 3.05) is 30.3 Å². The Morgan fingerprint density at radius 2 is 2.05 bits per heavy atom. The number of esters is 1. The van der Waals surface area contributed by atoms with Gasteiger partial charge in [-0.2, -0.15) is 0 Å². The molecule has 2 atom stereocenters. The van der Waals surface area contributed by atoms with Crippen LogP contribution in [0.15, 0.2) is 17.4 Å². The molecule has 2 heterocycles. The summed E-state index contributed by atoms with van der Waals surface area (Å²) in [5.74, 6) is 2.69. The van der Waals surface area contributed by atoms with E-state index in [1.165, 1.54) is 37.4 Å². The first-order valence-corrected chi connectivity index (χ1v) is 9.10. The quantitative estimate of drug-likeness (QED) is 0.614. The number of rotatable bonds is 5. The smallest absolute Gasteiger partial charge is 0.316 e. The number of hydrogen-bond acceptors (Lipinski definition) is 6. The van der Waals surface area contributed by atoms with E-state index in [-0.39, 0.29) is 11.7 Å². The van der Waals surface area contributed by atoms with Crippen LogP contribution in [0.5, 0.6) is 0 Å². The van der Waals surface area contributed by atoms with Crippen LogP contribution < -0.4 is 4.90 Å². The van der Waals surface area contributed by atoms with Gasteiger partial charge in [0.15, 0.2) is 0 Å². The average molecular weight is 321 g/mol. The molecule has 2 aliphatic rings. The fourth-order valence-electron chi connectivity index (χ4n) is 3.49. The van der Waals surface area contributed by atoms with Crippen LogP contribution in [0, 0.1) is 11.8 Å². The first kappa shape index (κ1) is 15.6. The number of aromatic nitrogens is 2. The molecule has 120 valence electrons. The summed E-state index contributed by atoms with van der Waals surface area (Å²) in [5, 5.41) is 0.792. The number of hydrogen-bond donors (Lipinski definition) is 0. The van der Waals surface area contributed by atoms with Gasteiger partial charge in [0.2, 0.25) is 0 Å². The summed E-state index contributed by atoms with van der Waals surface area (Å²) in [6.45, 7) is 4.44. The summed E-state index contributed by atoms with van der Waals surface area (Å²) >= 11 is 1.39. The van der Waals surface area contributed by atoms with Crippen molar-refractivity contribution in [3.05, 3.63) is 12.4 Å². The van der Waals surface area contributed by atoms with Crippen LogP contribution in [0.1, 0.15) is 32.6 Å². The normalized spacial score (nSPS) is 24.1. The summed E-state index contributed by atoms with van der Waals surface area (Å²) < 4.78 is 4.94. The highest BCUT2D eigenvalue weighted by atomic mass is 32.2. The molecule has 0 aromatic carbocycles. The van der Waals surface area contributed by atoms with E-state index in [4.69, 9.17) is 4.74 Å². The largest absolute Gasteiger partial charge is 0.465 e. The highest BCUT2D eigenvalue weighted by Crippen LogP contribution is 2.37. The predicted molar refractivity (Wildman–Crippen MR) is 87.1 cm³/mol. The molecule has 6 heteroatoms. The Kier molecular flexibility index (Phi) is 5.18. The molecule has 22 heavy (non-hydrogen) atoms. The highest BCUT2D eigenvalue weighted by molar-refractivity contribution is 7.99. The number of anilines is 1. The Balaban J connectivity index is 1.60. The Morgan fingerprint density at radius 3 is 2.73 bits per heavy atom. The fourth-order valence-corrected chi connectivity index (χ4v) is 4.13. The minimum atomic E-state index is -0.202. The number of ether oxygens (including phenoxy) is 1. The standard InChI is InChI=1S/C16H23N3O2S/c1-2-21-16(20)11-22-15-8-17-7-14(18-15)19-9-12-5-3-4-6-13(12)10-19/h7-8,12-13H,2-6,9-11H2,1H3. The molecule has 1 aromatic rings. The van der Waals surface area contributed by atoms with E-state index < -0.39 is 0 Å². The zero-order valence-corrected chi connectivity index (χ0v) is 13.8. The minimum Gasteiger partial charge on any atom is -0.465 e. The molecule has 2 unspecified atom stereocenters. The molecule has 1 saturated carbocycles. The zero-order valence-electron chi connectivity index (χ0n) is 13.0. The van der Waals surface area contributed by atoms with Gasteiger partial charge < -0.3 is 9.64 Å². The maximum atomic E-state index is 11.4. The molecule has 1 aliphatic carbocycles. The lowest BCUT2D eigenvalue weighted by molar-refractivity contribution is -0.139. The van der Waals surface area contributed by atoms with Gasteiger partial charge in [0.05, 0.1) is 24.8 Å². The Labute approximate surface area is 135 Å². The maximum Gasteiger partial charge on any atom is 0.316 e. The fraction of sp³-hybridized carbons (Fsp3) is 0.688. The van der Waals surface area contributed by atoms with E-state index in [2.05, 4.69) is 14.9 Å². The van der Waals surface area contributed by atoms with Crippen molar-refractivity contribution in [1.29, 1.82) is 0 Å². The van der Waals surface area contributed by atoms with Gasteiger partial charge in [-0.05, 0) is 31.6 Å². The lowest BCUT2D eigenvalue weighted by atomic mass is 9.82. The molecule has 1 aliphatic heterocycles. The molecule has 0 amide bonds. The predicted octanol–water partition coefficient (Wildman–Crippen LogP) is 2.76. The van der Waals surface area contributed by atoms with Crippen LogP contribution in [0.25, 0.3) is 0 Å². The Hall–Kier alpha value is -1.30. The van der Waals surface area contributed by atoms with E-state index in [0.717, 1.165) is 35.8 Å². The van der Waals surface area contributed by atoms with Gasteiger partial charge in [-0.1, -0.05) is 24.6 Å². The molecule has 1 aromatic heterocycles. The molecular formula is C16H23N3O2S. The van der Waals surface area contributed by atoms with E-state index in [1.807, 2.05) is 13.1 Å². The number of carbonyl (C=O) groups excluding carboxylic acids is 1. The SMILES string of the molecule is CCOC(=O)CSc1cncc(N2CC3CCCCC3C2)n1. The maximum absolute atomic E-state index is 11.4. The second-order valence-corrected chi connectivity index (χ2v) is 7.01. The number of thioether (sulfide) groups is 1. The molecule has 0 radical (unpaired) electrons. The minimum absolute atomic E-state index is 0.202. The third-order valence-electron chi connectivity index (χ3n) is 4.54. The zero-order chi connectivity index (χ0) is 15.4. The van der Waals surface area contributed by atoms with Crippen molar-refractivity contribution in [3.63, 3.8) is 0 Å². The van der Waals surface area contributed by atoms with Crippen molar-refractivity contribution in [2.24, 2.45) is 11.8 Å². The number of carbonyl (C=O) groups is 1. The Morgan fingerprint density at radius 1 is 1.32 bits per heavy atom. The first-order chi connectivity index (χ1) is 10.8. The number of nitrogens with zero attached hydrogens (tertiary/aromatic N) is 3. The molecule has 1 saturated heterocycles. The molecule has 2 fully saturated rings. The van der Waals surface area contributed by atoms with E-state index in [1.54, 1.807) is 6.20 Å². The summed E-state index contributed by atoms with van der Waals surface area (Å²) in [7, 11) is 0. The van der Waals surface area contributed by atoms with Gasteiger partial charge in [-0.15, -0.1) is 0 Å². The van der Waals surface area contributed by atoms with Crippen molar-refractivity contribution in [2.45, 2.75) is 37.6 Å². The lowest BCUT2D eigenvalue weighted by Gasteiger charge is -2.22. The van der Waals surface area contributed by atoms with Gasteiger partial charge in [0, 0.05) is 13.1 Å². The van der Waals surface area contributed by atoms with Crippen LogP contribution in [0.3, 0.4) is 0 Å². The molecule has 5 nitrogen and oxygen atoms in total. The van der Waals surface area contributed by atoms with E-state index >= 15 is 0 Å². The molecular weight excluding hydrogens is 298 g/mol. The average Bonchev–Trinajstić information content (AvgIpc) is 2.98. The molecule has 3 rings (SSSR count). The van der Waals surface area contributed by atoms with E-state index in [9.17, 15) is 4.79 Å². The summed E-state index contributed by atoms with van der Waals surface area (Å²) in [6.07, 6.45) is 9.01. The lowest BCUT2D eigenvalue weighted by Crippen LogP contribution is -2.21. The first-order valence-electron chi connectivity index (χ1n) is 8.11. The van der Waals surface area contributed by atoms with Crippen molar-refractivity contribution in [1.82, 2.24) is 9.97 Å². The van der Waals surface area contributed by atoms with Crippen LogP contribution in [-0.2, 0) is 9.53 Å². The van der Waals surface area contributed by atoms with Gasteiger partial charge >= 0.3 is 5.97 Å². The Bertz CT molecular complexity index is 512. The van der Waals surface area contributed by atoms with Crippen molar-refractivity contribution in [3.8, 4) is 0 Å². The van der Waals surface area contributed by atoms with Crippen LogP contribution in [0.4, 0.5) is 5.82 Å². The van der Waals surface area contributed by atoms with Gasteiger partial charge in [0.1, 0.15) is 10.8 Å². The van der Waals surface area contributed by atoms with Gasteiger partial charge in [0.25, 0.3) is 0 Å². The third-order valence-corrected chi connectivity index (χ3v) is 5.42. The molecule has 0 spiro atoms. The van der Waals surface area contributed by atoms with Gasteiger partial charge in [-0.25, -0.2) is 4.98 Å². The molecule has 0 bridgehead atoms. The van der Waals surface area contributed by atoms with Crippen LogP contribution in [-0.4, -0.2) is 41.4 Å². The third kappa shape index (κ3) is 3.72. The summed E-state index contributed by atoms with van der Waals surface area (Å²) in [6, 6.07) is 0. The monoisotopic (exact) mass is 321 g/mol. The van der Waals surface area contributed by atoms with Crippen molar-refractivity contribution >= 4 is 23.5 Å². The number of fused-ring (bicyclic) bond motifs is 1. The van der Waals surface area contributed by atoms with E-state index in [0.29, 0.717) is 6.61 Å². The topological polar surface area (TPSA) is 55.3 Å². The van der Waals surface area contributed by atoms with Crippen LogP contribution in [0.2, 0.25) is 0 Å². The highest BCUT2D eigenvalue weighted by Gasteiger charge is 2.34. The second-order valence-electron chi connectivity index (χ2n) is 6.02. The summed E-state index contributed by atoms with van der Waals surface area (Å²) in [5.41, 5.74) is 0. The molecule has 0 N–H and O–H groups in total. The van der Waals surface area contributed by atoms with Gasteiger partial charge in [-0.3, -0.25) is 9.78 Å². The second kappa shape index (κ2) is 7.31. The van der Waals surface area contributed by atoms with Crippen molar-refractivity contribution < 1.29 is 9.53 Å². The summed E-state index contributed by atoms with van der Waals surface area (Å²) in [4.78, 5) is 22.7. The van der Waals surface area contributed by atoms with Crippen LogP contribution >= 0.6 is 11.8 Å².